The summed E-state index contributed by atoms with van der Waals surface area (Å²) in [5.74, 6) is -0.728. The number of carboxylic acids is 1. The van der Waals surface area contributed by atoms with Crippen molar-refractivity contribution in [3.63, 3.8) is 0 Å². The highest BCUT2D eigenvalue weighted by Gasteiger charge is 2.22. The van der Waals surface area contributed by atoms with Gasteiger partial charge in [0.2, 0.25) is 5.43 Å². The van der Waals surface area contributed by atoms with E-state index in [4.69, 9.17) is 4.74 Å². The number of nitrogens with zero attached hydrogens (tertiary/aromatic N) is 1. The van der Waals surface area contributed by atoms with Gasteiger partial charge >= 0.3 is 5.97 Å². The van der Waals surface area contributed by atoms with Crippen molar-refractivity contribution in [1.29, 1.82) is 0 Å². The number of ether oxygens (including phenoxy) is 1. The van der Waals surface area contributed by atoms with Gasteiger partial charge in [0.25, 0.3) is 0 Å². The van der Waals surface area contributed by atoms with Crippen LogP contribution in [0.3, 0.4) is 0 Å². The number of aromatic carboxylic acids is 1. The lowest BCUT2D eigenvalue weighted by Crippen LogP contribution is -2.25. The first kappa shape index (κ1) is 17.5. The molecule has 2 aromatic rings. The largest absolute Gasteiger partial charge is 0.495 e. The zero-order valence-electron chi connectivity index (χ0n) is 13.0. The first-order valence-corrected chi connectivity index (χ1v) is 7.87. The number of methoxy groups -OCH3 is 1. The lowest BCUT2D eigenvalue weighted by Gasteiger charge is -2.25. The van der Waals surface area contributed by atoms with Crippen molar-refractivity contribution < 1.29 is 19.7 Å². The van der Waals surface area contributed by atoms with Gasteiger partial charge in [0.1, 0.15) is 11.3 Å². The summed E-state index contributed by atoms with van der Waals surface area (Å²) in [6.07, 6.45) is 1.29. The van der Waals surface area contributed by atoms with E-state index in [0.29, 0.717) is 15.7 Å². The molecule has 0 unspecified atom stereocenters. The highest BCUT2D eigenvalue weighted by atomic mass is 79.9. The van der Waals surface area contributed by atoms with Crippen LogP contribution in [0.4, 0.5) is 0 Å². The Labute approximate surface area is 141 Å². The fraction of sp³-hybridized carbons (Fsp3) is 0.375. The Bertz CT molecular complexity index is 812. The molecule has 0 amide bonds. The van der Waals surface area contributed by atoms with Crippen molar-refractivity contribution in [3.8, 4) is 5.75 Å². The third-order valence-electron chi connectivity index (χ3n) is 3.85. The maximum atomic E-state index is 12.4. The number of rotatable bonds is 5. The summed E-state index contributed by atoms with van der Waals surface area (Å²) in [4.78, 5) is 23.8. The van der Waals surface area contributed by atoms with Crippen LogP contribution in [0.1, 0.15) is 30.2 Å². The van der Waals surface area contributed by atoms with Crippen molar-refractivity contribution in [3.05, 3.63) is 38.6 Å². The smallest absolute Gasteiger partial charge is 0.341 e. The van der Waals surface area contributed by atoms with E-state index in [-0.39, 0.29) is 29.5 Å². The monoisotopic (exact) mass is 383 g/mol. The van der Waals surface area contributed by atoms with E-state index in [1.807, 2.05) is 13.8 Å². The van der Waals surface area contributed by atoms with Gasteiger partial charge in [-0.1, -0.05) is 13.8 Å². The fourth-order valence-corrected chi connectivity index (χ4v) is 3.06. The van der Waals surface area contributed by atoms with Crippen LogP contribution in [0.25, 0.3) is 10.9 Å². The second kappa shape index (κ2) is 6.72. The van der Waals surface area contributed by atoms with E-state index in [1.54, 1.807) is 16.7 Å². The SMILES string of the molecule is COc1cc2c(cc1Br)c(=O)c(C(=O)O)cn2[C@H](CO)C(C)C. The number of carbonyl (C=O) groups is 1. The number of hydrogen-bond donors (Lipinski definition) is 2. The Hall–Kier alpha value is -1.86. The highest BCUT2D eigenvalue weighted by Crippen LogP contribution is 2.31. The molecule has 0 spiro atoms. The summed E-state index contributed by atoms with van der Waals surface area (Å²) in [7, 11) is 1.51. The average molecular weight is 384 g/mol. The van der Waals surface area contributed by atoms with Gasteiger partial charge in [-0.2, -0.15) is 0 Å². The number of halogens is 1. The standard InChI is InChI=1S/C16H18BrNO5/c1-8(2)13(7-19)18-6-10(16(21)22)15(20)9-4-11(17)14(23-3)5-12(9)18/h4-6,8,13,19H,7H2,1-3H3,(H,21,22)/t13-/m1/s1. The minimum absolute atomic E-state index is 0.0435. The summed E-state index contributed by atoms with van der Waals surface area (Å²) < 4.78 is 7.46. The van der Waals surface area contributed by atoms with Gasteiger partial charge in [-0.25, -0.2) is 4.79 Å². The molecule has 0 radical (unpaired) electrons. The van der Waals surface area contributed by atoms with Gasteiger partial charge < -0.3 is 19.5 Å². The van der Waals surface area contributed by atoms with Crippen LogP contribution in [-0.2, 0) is 0 Å². The lowest BCUT2D eigenvalue weighted by atomic mass is 10.0. The van der Waals surface area contributed by atoms with Crippen LogP contribution in [0, 0.1) is 5.92 Å². The fourth-order valence-electron chi connectivity index (χ4n) is 2.55. The molecule has 0 aliphatic rings. The van der Waals surface area contributed by atoms with E-state index < -0.39 is 11.4 Å². The van der Waals surface area contributed by atoms with Crippen molar-refractivity contribution in [2.75, 3.05) is 13.7 Å². The van der Waals surface area contributed by atoms with Crippen LogP contribution in [0.5, 0.6) is 5.75 Å². The molecule has 0 aliphatic carbocycles. The van der Waals surface area contributed by atoms with Gasteiger partial charge in [0, 0.05) is 17.6 Å². The summed E-state index contributed by atoms with van der Waals surface area (Å²) in [6.45, 7) is 3.66. The summed E-state index contributed by atoms with van der Waals surface area (Å²) in [6, 6.07) is 2.85. The minimum atomic E-state index is -1.29. The number of benzene rings is 1. The second-order valence-corrected chi connectivity index (χ2v) is 6.44. The molecular formula is C16H18BrNO5. The normalized spacial score (nSPS) is 12.6. The van der Waals surface area contributed by atoms with E-state index in [1.165, 1.54) is 13.3 Å². The van der Waals surface area contributed by atoms with E-state index >= 15 is 0 Å². The lowest BCUT2D eigenvalue weighted by molar-refractivity contribution is 0.0694. The summed E-state index contributed by atoms with van der Waals surface area (Å²) in [5, 5.41) is 19.3. The van der Waals surface area contributed by atoms with Gasteiger partial charge in [-0.3, -0.25) is 4.79 Å². The predicted molar refractivity (Wildman–Crippen MR) is 90.4 cm³/mol. The van der Waals surface area contributed by atoms with Crippen molar-refractivity contribution in [2.45, 2.75) is 19.9 Å². The molecule has 1 aromatic carbocycles. The van der Waals surface area contributed by atoms with Gasteiger partial charge in [-0.15, -0.1) is 0 Å². The third kappa shape index (κ3) is 3.11. The number of pyridine rings is 1. The van der Waals surface area contributed by atoms with Crippen LogP contribution >= 0.6 is 15.9 Å². The number of aromatic nitrogens is 1. The molecule has 0 saturated carbocycles. The van der Waals surface area contributed by atoms with Crippen molar-refractivity contribution >= 4 is 32.8 Å². The molecule has 7 heteroatoms. The van der Waals surface area contributed by atoms with Gasteiger partial charge in [-0.05, 0) is 27.9 Å². The zero-order chi connectivity index (χ0) is 17.3. The Balaban J connectivity index is 2.95. The molecule has 0 aliphatic heterocycles. The van der Waals surface area contributed by atoms with Crippen LogP contribution < -0.4 is 10.2 Å². The Morgan fingerprint density at radius 1 is 1.39 bits per heavy atom. The number of carboxylic acid groups (broad SMARTS) is 1. The molecule has 6 nitrogen and oxygen atoms in total. The molecule has 23 heavy (non-hydrogen) atoms. The van der Waals surface area contributed by atoms with Crippen LogP contribution in [-0.4, -0.2) is 34.5 Å². The van der Waals surface area contributed by atoms with E-state index in [2.05, 4.69) is 15.9 Å². The molecule has 124 valence electrons. The number of fused-ring (bicyclic) bond motifs is 1. The number of aliphatic hydroxyl groups is 1. The molecule has 0 bridgehead atoms. The Kier molecular flexibility index (Phi) is 5.11. The van der Waals surface area contributed by atoms with Gasteiger partial charge in [0.15, 0.2) is 0 Å². The second-order valence-electron chi connectivity index (χ2n) is 5.58. The first-order valence-electron chi connectivity index (χ1n) is 7.08. The quantitative estimate of drug-likeness (QED) is 0.828. The molecule has 0 fully saturated rings. The Morgan fingerprint density at radius 2 is 2.04 bits per heavy atom. The van der Waals surface area contributed by atoms with Crippen molar-refractivity contribution in [2.24, 2.45) is 5.92 Å². The molecule has 2 N–H and O–H groups in total. The van der Waals surface area contributed by atoms with E-state index in [9.17, 15) is 19.8 Å². The van der Waals surface area contributed by atoms with Gasteiger partial charge in [0.05, 0.1) is 29.7 Å². The molecular weight excluding hydrogens is 366 g/mol. The molecule has 0 saturated heterocycles. The van der Waals surface area contributed by atoms with Crippen molar-refractivity contribution in [1.82, 2.24) is 4.57 Å². The molecule has 2 rings (SSSR count). The minimum Gasteiger partial charge on any atom is -0.495 e. The van der Waals surface area contributed by atoms with Crippen LogP contribution in [0.2, 0.25) is 0 Å². The predicted octanol–water partition coefficient (Wildman–Crippen LogP) is 2.66. The van der Waals surface area contributed by atoms with E-state index in [0.717, 1.165) is 0 Å². The molecule has 1 aromatic heterocycles. The van der Waals surface area contributed by atoms with Crippen LogP contribution in [0.15, 0.2) is 27.6 Å². The zero-order valence-corrected chi connectivity index (χ0v) is 14.6. The highest BCUT2D eigenvalue weighted by molar-refractivity contribution is 9.10. The summed E-state index contributed by atoms with van der Waals surface area (Å²) >= 11 is 3.31. The maximum absolute atomic E-state index is 12.4. The topological polar surface area (TPSA) is 88.8 Å². The Morgan fingerprint density at radius 3 is 2.52 bits per heavy atom. The number of hydrogen-bond acceptors (Lipinski definition) is 4. The molecule has 1 heterocycles. The molecule has 1 atom stereocenters. The average Bonchev–Trinajstić information content (AvgIpc) is 2.49. The summed E-state index contributed by atoms with van der Waals surface area (Å²) in [5.41, 5.74) is -0.367. The maximum Gasteiger partial charge on any atom is 0.341 e. The first-order chi connectivity index (χ1) is 10.8. The number of aliphatic hydroxyl groups excluding tert-OH is 1. The third-order valence-corrected chi connectivity index (χ3v) is 4.47.